The second-order valence-electron chi connectivity index (χ2n) is 4.89. The average molecular weight is 346 g/mol. The summed E-state index contributed by atoms with van der Waals surface area (Å²) in [6, 6.07) is 14.7. The first-order valence-electron chi connectivity index (χ1n) is 10.0. The summed E-state index contributed by atoms with van der Waals surface area (Å²) in [6.07, 6.45) is 3.55. The van der Waals surface area contributed by atoms with E-state index in [0.717, 1.165) is 25.8 Å². The summed E-state index contributed by atoms with van der Waals surface area (Å²) in [5.41, 5.74) is 1.23. The van der Waals surface area contributed by atoms with Gasteiger partial charge in [0, 0.05) is 13.0 Å². The maximum atomic E-state index is 11.6. The standard InChI is InChI=1S/C17H21NO.3C2H6/c1-2-3-12-18-17(19)11-9-14-8-10-15-6-4-5-7-16(15)13-14;3*1-2/h4-8,10,13H,2-3,9,11-12H2,1H3,(H,18,19);3*1-2H3. The van der Waals surface area contributed by atoms with Crippen LogP contribution in [0, 0.1) is 0 Å². The minimum atomic E-state index is 0.154. The first-order chi connectivity index (χ1) is 12.3. The molecular weight excluding hydrogens is 306 g/mol. The number of unbranched alkanes of at least 4 members (excludes halogenated alkanes) is 1. The summed E-state index contributed by atoms with van der Waals surface area (Å²) < 4.78 is 0. The fraction of sp³-hybridized carbons (Fsp3) is 0.522. The molecular formula is C23H39NO. The molecule has 0 saturated carbocycles. The van der Waals surface area contributed by atoms with E-state index in [4.69, 9.17) is 0 Å². The zero-order chi connectivity index (χ0) is 19.5. The van der Waals surface area contributed by atoms with Gasteiger partial charge in [0.2, 0.25) is 5.91 Å². The predicted octanol–water partition coefficient (Wildman–Crippen LogP) is 6.77. The zero-order valence-corrected chi connectivity index (χ0v) is 17.5. The molecule has 0 radical (unpaired) electrons. The van der Waals surface area contributed by atoms with Crippen LogP contribution in [0.2, 0.25) is 0 Å². The van der Waals surface area contributed by atoms with E-state index in [1.54, 1.807) is 0 Å². The molecule has 0 atom stereocenters. The lowest BCUT2D eigenvalue weighted by atomic mass is 10.0. The largest absolute Gasteiger partial charge is 0.356 e. The Morgan fingerprint density at radius 3 is 2.08 bits per heavy atom. The molecule has 0 aliphatic rings. The van der Waals surface area contributed by atoms with E-state index in [1.165, 1.54) is 16.3 Å². The Morgan fingerprint density at radius 2 is 1.48 bits per heavy atom. The van der Waals surface area contributed by atoms with Crippen molar-refractivity contribution in [3.05, 3.63) is 48.0 Å². The van der Waals surface area contributed by atoms with E-state index >= 15 is 0 Å². The molecule has 2 rings (SSSR count). The van der Waals surface area contributed by atoms with E-state index < -0.39 is 0 Å². The van der Waals surface area contributed by atoms with Crippen LogP contribution in [0.15, 0.2) is 42.5 Å². The van der Waals surface area contributed by atoms with E-state index in [0.29, 0.717) is 6.42 Å². The van der Waals surface area contributed by atoms with Crippen LogP contribution >= 0.6 is 0 Å². The minimum Gasteiger partial charge on any atom is -0.356 e. The molecule has 0 fully saturated rings. The molecule has 1 amide bonds. The Morgan fingerprint density at radius 1 is 0.880 bits per heavy atom. The maximum absolute atomic E-state index is 11.6. The third kappa shape index (κ3) is 11.4. The zero-order valence-electron chi connectivity index (χ0n) is 17.5. The van der Waals surface area contributed by atoms with Gasteiger partial charge in [-0.15, -0.1) is 0 Å². The molecule has 0 aliphatic heterocycles. The third-order valence-electron chi connectivity index (χ3n) is 3.31. The van der Waals surface area contributed by atoms with Crippen LogP contribution in [0.5, 0.6) is 0 Å². The summed E-state index contributed by atoms with van der Waals surface area (Å²) >= 11 is 0. The van der Waals surface area contributed by atoms with Crippen molar-refractivity contribution in [1.82, 2.24) is 5.32 Å². The lowest BCUT2D eigenvalue weighted by Gasteiger charge is -2.05. The van der Waals surface area contributed by atoms with Crippen LogP contribution in [-0.4, -0.2) is 12.5 Å². The first-order valence-corrected chi connectivity index (χ1v) is 10.0. The van der Waals surface area contributed by atoms with Crippen molar-refractivity contribution < 1.29 is 4.79 Å². The van der Waals surface area contributed by atoms with Gasteiger partial charge in [0.25, 0.3) is 0 Å². The number of nitrogens with one attached hydrogen (secondary N) is 1. The molecule has 0 saturated heterocycles. The van der Waals surface area contributed by atoms with Crippen molar-refractivity contribution in [2.45, 2.75) is 74.1 Å². The maximum Gasteiger partial charge on any atom is 0.220 e. The van der Waals surface area contributed by atoms with Gasteiger partial charge in [0.15, 0.2) is 0 Å². The molecule has 25 heavy (non-hydrogen) atoms. The van der Waals surface area contributed by atoms with Crippen molar-refractivity contribution in [3.8, 4) is 0 Å². The molecule has 2 nitrogen and oxygen atoms in total. The van der Waals surface area contributed by atoms with Crippen LogP contribution in [0.1, 0.15) is 73.3 Å². The molecule has 142 valence electrons. The van der Waals surface area contributed by atoms with Crippen LogP contribution in [0.4, 0.5) is 0 Å². The molecule has 2 aromatic carbocycles. The molecule has 0 aliphatic carbocycles. The highest BCUT2D eigenvalue weighted by atomic mass is 16.1. The van der Waals surface area contributed by atoms with Crippen molar-refractivity contribution in [1.29, 1.82) is 0 Å². The van der Waals surface area contributed by atoms with Gasteiger partial charge in [-0.05, 0) is 29.2 Å². The van der Waals surface area contributed by atoms with E-state index in [2.05, 4.69) is 42.6 Å². The molecule has 2 heteroatoms. The molecule has 0 unspecified atom stereocenters. The van der Waals surface area contributed by atoms with Crippen molar-refractivity contribution >= 4 is 16.7 Å². The van der Waals surface area contributed by atoms with Crippen molar-refractivity contribution in [3.63, 3.8) is 0 Å². The third-order valence-corrected chi connectivity index (χ3v) is 3.31. The number of aryl methyl sites for hydroxylation is 1. The topological polar surface area (TPSA) is 29.1 Å². The van der Waals surface area contributed by atoms with Gasteiger partial charge >= 0.3 is 0 Å². The van der Waals surface area contributed by atoms with Gasteiger partial charge in [-0.1, -0.05) is 97.4 Å². The Bertz CT molecular complexity index is 549. The Balaban J connectivity index is 0. The number of hydrogen-bond acceptors (Lipinski definition) is 1. The molecule has 2 aromatic rings. The summed E-state index contributed by atoms with van der Waals surface area (Å²) in [5.74, 6) is 0.154. The number of amides is 1. The van der Waals surface area contributed by atoms with Gasteiger partial charge in [-0.2, -0.15) is 0 Å². The molecule has 0 aromatic heterocycles. The molecule has 0 heterocycles. The van der Waals surface area contributed by atoms with Gasteiger partial charge in [0.1, 0.15) is 0 Å². The quantitative estimate of drug-likeness (QED) is 0.575. The Hall–Kier alpha value is -1.83. The highest BCUT2D eigenvalue weighted by molar-refractivity contribution is 5.83. The fourth-order valence-electron chi connectivity index (χ4n) is 2.15. The van der Waals surface area contributed by atoms with Gasteiger partial charge in [-0.25, -0.2) is 0 Å². The highest BCUT2D eigenvalue weighted by Gasteiger charge is 2.02. The van der Waals surface area contributed by atoms with Crippen LogP contribution in [0.3, 0.4) is 0 Å². The first kappa shape index (κ1) is 25.4. The normalized spacial score (nSPS) is 8.76. The molecule has 0 bridgehead atoms. The Kier molecular flexibility index (Phi) is 18.8. The van der Waals surface area contributed by atoms with E-state index in [-0.39, 0.29) is 5.91 Å². The number of carbonyl (C=O) groups is 1. The van der Waals surface area contributed by atoms with Crippen LogP contribution < -0.4 is 5.32 Å². The summed E-state index contributed by atoms with van der Waals surface area (Å²) in [5, 5.41) is 5.44. The smallest absolute Gasteiger partial charge is 0.220 e. The summed E-state index contributed by atoms with van der Waals surface area (Å²) in [4.78, 5) is 11.6. The fourth-order valence-corrected chi connectivity index (χ4v) is 2.15. The molecule has 0 spiro atoms. The van der Waals surface area contributed by atoms with Crippen LogP contribution in [0.25, 0.3) is 10.8 Å². The van der Waals surface area contributed by atoms with Gasteiger partial charge in [-0.3, -0.25) is 4.79 Å². The number of carbonyl (C=O) groups excluding carboxylic acids is 1. The number of benzene rings is 2. The lowest BCUT2D eigenvalue weighted by Crippen LogP contribution is -2.24. The number of fused-ring (bicyclic) bond motifs is 1. The Labute approximate surface area is 156 Å². The lowest BCUT2D eigenvalue weighted by molar-refractivity contribution is -0.121. The SMILES string of the molecule is CC.CC.CC.CCCCNC(=O)CCc1ccc2ccccc2c1. The van der Waals surface area contributed by atoms with Gasteiger partial charge < -0.3 is 5.32 Å². The highest BCUT2D eigenvalue weighted by Crippen LogP contribution is 2.16. The van der Waals surface area contributed by atoms with Gasteiger partial charge in [0.05, 0.1) is 0 Å². The second-order valence-corrected chi connectivity index (χ2v) is 4.89. The van der Waals surface area contributed by atoms with Crippen molar-refractivity contribution in [2.75, 3.05) is 6.54 Å². The number of hydrogen-bond donors (Lipinski definition) is 1. The monoisotopic (exact) mass is 345 g/mol. The summed E-state index contributed by atoms with van der Waals surface area (Å²) in [6.45, 7) is 14.9. The summed E-state index contributed by atoms with van der Waals surface area (Å²) in [7, 11) is 0. The predicted molar refractivity (Wildman–Crippen MR) is 114 cm³/mol. The van der Waals surface area contributed by atoms with Crippen molar-refractivity contribution in [2.24, 2.45) is 0 Å². The van der Waals surface area contributed by atoms with E-state index in [9.17, 15) is 4.79 Å². The average Bonchev–Trinajstić information content (AvgIpc) is 2.71. The van der Waals surface area contributed by atoms with E-state index in [1.807, 2.05) is 53.7 Å². The minimum absolute atomic E-state index is 0.154. The second kappa shape index (κ2) is 18.5. The van der Waals surface area contributed by atoms with Crippen LogP contribution in [-0.2, 0) is 11.2 Å². The number of rotatable bonds is 6. The molecule has 1 N–H and O–H groups in total.